The molecule has 6 nitrogen and oxygen atoms in total. The summed E-state index contributed by atoms with van der Waals surface area (Å²) in [6, 6.07) is 9.37. The minimum atomic E-state index is -3.42. The maximum Gasteiger partial charge on any atom is 0.211 e. The van der Waals surface area contributed by atoms with Crippen molar-refractivity contribution in [2.24, 2.45) is 5.92 Å². The summed E-state index contributed by atoms with van der Waals surface area (Å²) in [7, 11) is -6.76. The molecule has 0 bridgehead atoms. The average molecular weight is 363 g/mol. The molecule has 0 aliphatic heterocycles. The highest BCUT2D eigenvalue weighted by molar-refractivity contribution is 7.89. The van der Waals surface area contributed by atoms with Crippen LogP contribution in [-0.4, -0.2) is 52.8 Å². The molecule has 0 saturated carbocycles. The van der Waals surface area contributed by atoms with Gasteiger partial charge in [-0.3, -0.25) is 0 Å². The smallest absolute Gasteiger partial charge is 0.211 e. The van der Waals surface area contributed by atoms with Crippen LogP contribution in [0.4, 0.5) is 0 Å². The van der Waals surface area contributed by atoms with Gasteiger partial charge in [0.15, 0.2) is 0 Å². The highest BCUT2D eigenvalue weighted by Gasteiger charge is 2.18. The number of rotatable bonds is 10. The normalized spacial score (nSPS) is 12.9. The molecule has 1 N–H and O–H groups in total. The molecule has 8 heteroatoms. The van der Waals surface area contributed by atoms with Crippen molar-refractivity contribution in [1.82, 2.24) is 9.03 Å². The van der Waals surface area contributed by atoms with Crippen molar-refractivity contribution in [3.63, 3.8) is 0 Å². The summed E-state index contributed by atoms with van der Waals surface area (Å²) in [6.45, 7) is 4.44. The Morgan fingerprint density at radius 1 is 1.09 bits per heavy atom. The van der Waals surface area contributed by atoms with Gasteiger partial charge >= 0.3 is 0 Å². The van der Waals surface area contributed by atoms with Gasteiger partial charge in [-0.25, -0.2) is 25.9 Å². The Morgan fingerprint density at radius 2 is 1.70 bits per heavy atom. The van der Waals surface area contributed by atoms with Crippen molar-refractivity contribution < 1.29 is 16.8 Å². The third-order valence-electron chi connectivity index (χ3n) is 3.22. The summed E-state index contributed by atoms with van der Waals surface area (Å²) in [5.74, 6) is 0.166. The van der Waals surface area contributed by atoms with Gasteiger partial charge in [0.05, 0.1) is 12.0 Å². The number of hydrogen-bond donors (Lipinski definition) is 1. The van der Waals surface area contributed by atoms with Gasteiger partial charge in [0.1, 0.15) is 0 Å². The molecule has 0 aliphatic carbocycles. The lowest BCUT2D eigenvalue weighted by molar-refractivity contribution is 0.372. The molecule has 0 heterocycles. The van der Waals surface area contributed by atoms with Crippen LogP contribution >= 0.6 is 0 Å². The van der Waals surface area contributed by atoms with Gasteiger partial charge in [-0.1, -0.05) is 44.2 Å². The number of sulfonamides is 2. The van der Waals surface area contributed by atoms with Crippen LogP contribution in [0.15, 0.2) is 30.3 Å². The second-order valence-corrected chi connectivity index (χ2v) is 9.87. The summed E-state index contributed by atoms with van der Waals surface area (Å²) in [5.41, 5.74) is 0.954. The largest absolute Gasteiger partial charge is 0.214 e. The number of aryl methyl sites for hydroxylation is 1. The lowest BCUT2D eigenvalue weighted by Gasteiger charge is -2.22. The van der Waals surface area contributed by atoms with E-state index in [1.807, 2.05) is 44.2 Å². The molecule has 0 amide bonds. The van der Waals surface area contributed by atoms with E-state index in [2.05, 4.69) is 4.72 Å². The van der Waals surface area contributed by atoms with Crippen LogP contribution in [0, 0.1) is 5.92 Å². The lowest BCUT2D eigenvalue weighted by atomic mass is 10.2. The molecular weight excluding hydrogens is 336 g/mol. The molecule has 23 heavy (non-hydrogen) atoms. The zero-order valence-corrected chi connectivity index (χ0v) is 15.5. The zero-order valence-electron chi connectivity index (χ0n) is 13.9. The monoisotopic (exact) mass is 362 g/mol. The molecule has 1 aromatic rings. The fourth-order valence-corrected chi connectivity index (χ4v) is 4.14. The SMILES string of the molecule is CC(C)CN(CCNS(=O)(=O)CCc1ccccc1)S(C)(=O)=O. The average Bonchev–Trinajstić information content (AvgIpc) is 2.44. The summed E-state index contributed by atoms with van der Waals surface area (Å²) in [5, 5.41) is 0. The molecule has 0 atom stereocenters. The Hall–Kier alpha value is -0.960. The molecule has 0 saturated heterocycles. The van der Waals surface area contributed by atoms with Crippen molar-refractivity contribution >= 4 is 20.0 Å². The van der Waals surface area contributed by atoms with Crippen LogP contribution < -0.4 is 4.72 Å². The van der Waals surface area contributed by atoms with E-state index in [-0.39, 0.29) is 24.8 Å². The first-order valence-electron chi connectivity index (χ1n) is 7.56. The first-order chi connectivity index (χ1) is 10.6. The molecule has 132 valence electrons. The van der Waals surface area contributed by atoms with Crippen molar-refractivity contribution in [3.8, 4) is 0 Å². The predicted octanol–water partition coefficient (Wildman–Crippen LogP) is 1.07. The van der Waals surface area contributed by atoms with Crippen molar-refractivity contribution in [3.05, 3.63) is 35.9 Å². The molecule has 1 rings (SSSR count). The van der Waals surface area contributed by atoms with E-state index < -0.39 is 20.0 Å². The van der Waals surface area contributed by atoms with Crippen molar-refractivity contribution in [1.29, 1.82) is 0 Å². The van der Waals surface area contributed by atoms with Gasteiger partial charge in [0, 0.05) is 19.6 Å². The number of benzene rings is 1. The fourth-order valence-electron chi connectivity index (χ4n) is 2.09. The van der Waals surface area contributed by atoms with E-state index in [0.29, 0.717) is 13.0 Å². The maximum atomic E-state index is 12.0. The molecule has 0 aliphatic rings. The second-order valence-electron chi connectivity index (χ2n) is 5.96. The van der Waals surface area contributed by atoms with Crippen LogP contribution in [0.1, 0.15) is 19.4 Å². The Labute approximate surface area is 140 Å². The van der Waals surface area contributed by atoms with Crippen LogP contribution in [0.25, 0.3) is 0 Å². The Kier molecular flexibility index (Phi) is 7.66. The van der Waals surface area contributed by atoms with Gasteiger partial charge in [0.25, 0.3) is 0 Å². The summed E-state index contributed by atoms with van der Waals surface area (Å²) >= 11 is 0. The summed E-state index contributed by atoms with van der Waals surface area (Å²) in [4.78, 5) is 0. The van der Waals surface area contributed by atoms with Crippen LogP contribution in [0.3, 0.4) is 0 Å². The van der Waals surface area contributed by atoms with Gasteiger partial charge in [-0.15, -0.1) is 0 Å². The van der Waals surface area contributed by atoms with Crippen LogP contribution in [0.5, 0.6) is 0 Å². The molecule has 0 spiro atoms. The third-order valence-corrected chi connectivity index (χ3v) is 5.88. The van der Waals surface area contributed by atoms with E-state index in [9.17, 15) is 16.8 Å². The predicted molar refractivity (Wildman–Crippen MR) is 93.2 cm³/mol. The molecule has 0 aromatic heterocycles. The second kappa shape index (κ2) is 8.77. The third kappa shape index (κ3) is 8.45. The first kappa shape index (κ1) is 20.1. The number of hydrogen-bond acceptors (Lipinski definition) is 4. The standard InChI is InChI=1S/C15H26N2O4S2/c1-14(2)13-17(22(3,18)19)11-10-16-23(20,21)12-9-15-7-5-4-6-8-15/h4-8,14,16H,9-13H2,1-3H3. The minimum Gasteiger partial charge on any atom is -0.214 e. The summed E-state index contributed by atoms with van der Waals surface area (Å²) in [6.07, 6.45) is 1.57. The number of nitrogens with one attached hydrogen (secondary N) is 1. The van der Waals surface area contributed by atoms with Crippen molar-refractivity contribution in [2.45, 2.75) is 20.3 Å². The van der Waals surface area contributed by atoms with E-state index >= 15 is 0 Å². The van der Waals surface area contributed by atoms with E-state index in [4.69, 9.17) is 0 Å². The zero-order chi connectivity index (χ0) is 17.5. The molecule has 0 fully saturated rings. The quantitative estimate of drug-likeness (QED) is 0.675. The van der Waals surface area contributed by atoms with Gasteiger partial charge in [-0.2, -0.15) is 0 Å². The molecule has 0 radical (unpaired) electrons. The fraction of sp³-hybridized carbons (Fsp3) is 0.600. The van der Waals surface area contributed by atoms with Crippen LogP contribution in [0.2, 0.25) is 0 Å². The molecule has 1 aromatic carbocycles. The van der Waals surface area contributed by atoms with Gasteiger partial charge in [-0.05, 0) is 17.9 Å². The number of nitrogens with zero attached hydrogens (tertiary/aromatic N) is 1. The van der Waals surface area contributed by atoms with Crippen LogP contribution in [-0.2, 0) is 26.5 Å². The van der Waals surface area contributed by atoms with Crippen molar-refractivity contribution in [2.75, 3.05) is 31.6 Å². The van der Waals surface area contributed by atoms with Gasteiger partial charge < -0.3 is 0 Å². The highest BCUT2D eigenvalue weighted by atomic mass is 32.2. The van der Waals surface area contributed by atoms with E-state index in [1.165, 1.54) is 4.31 Å². The minimum absolute atomic E-state index is 0.0138. The first-order valence-corrected chi connectivity index (χ1v) is 11.1. The molecular formula is C15H26N2O4S2. The molecule has 0 unspecified atom stereocenters. The highest BCUT2D eigenvalue weighted by Crippen LogP contribution is 2.04. The lowest BCUT2D eigenvalue weighted by Crippen LogP contribution is -2.40. The Morgan fingerprint density at radius 3 is 2.22 bits per heavy atom. The van der Waals surface area contributed by atoms with E-state index in [1.54, 1.807) is 0 Å². The van der Waals surface area contributed by atoms with Gasteiger partial charge in [0.2, 0.25) is 20.0 Å². The summed E-state index contributed by atoms with van der Waals surface area (Å²) < 4.78 is 51.1. The topological polar surface area (TPSA) is 83.6 Å². The Balaban J connectivity index is 2.48. The maximum absolute atomic E-state index is 12.0. The Bertz CT molecular complexity index is 671. The van der Waals surface area contributed by atoms with E-state index in [0.717, 1.165) is 11.8 Å².